The molecule has 1 N–H and O–H groups in total. The molecule has 0 bridgehead atoms. The fourth-order valence-corrected chi connectivity index (χ4v) is 4.04. The number of hydrogen-bond donors (Lipinski definition) is 1. The van der Waals surface area contributed by atoms with Gasteiger partial charge in [0.05, 0.1) is 18.9 Å². The van der Waals surface area contributed by atoms with Gasteiger partial charge in [0, 0.05) is 24.0 Å². The number of ether oxygens (including phenoxy) is 2. The van der Waals surface area contributed by atoms with Gasteiger partial charge < -0.3 is 14.6 Å². The van der Waals surface area contributed by atoms with E-state index in [-0.39, 0.29) is 18.0 Å². The van der Waals surface area contributed by atoms with Crippen molar-refractivity contribution in [3.8, 4) is 17.2 Å². The summed E-state index contributed by atoms with van der Waals surface area (Å²) in [5, 5.41) is 17.1. The third-order valence-electron chi connectivity index (χ3n) is 4.86. The number of hydrogen-bond acceptors (Lipinski definition) is 6. The average molecular weight is 370 g/mol. The minimum absolute atomic E-state index is 0.0929. The van der Waals surface area contributed by atoms with Crippen LogP contribution < -0.4 is 9.47 Å². The van der Waals surface area contributed by atoms with Gasteiger partial charge in [-0.15, -0.1) is 0 Å². The first-order valence-electron chi connectivity index (χ1n) is 8.69. The number of para-hydroxylation sites is 2. The van der Waals surface area contributed by atoms with E-state index in [1.807, 2.05) is 30.3 Å². The second kappa shape index (κ2) is 7.11. The highest BCUT2D eigenvalue weighted by Crippen LogP contribution is 2.47. The largest absolute Gasteiger partial charge is 0.507 e. The molecule has 0 spiro atoms. The van der Waals surface area contributed by atoms with Gasteiger partial charge in [0.15, 0.2) is 17.7 Å². The van der Waals surface area contributed by atoms with Crippen molar-refractivity contribution in [1.82, 2.24) is 5.01 Å². The second-order valence-corrected chi connectivity index (χ2v) is 7.38. The molecule has 2 aromatic rings. The number of phenols is 1. The first-order valence-corrected chi connectivity index (χ1v) is 10.1. The minimum atomic E-state index is -0.139. The van der Waals surface area contributed by atoms with Crippen molar-refractivity contribution in [3.63, 3.8) is 0 Å². The molecule has 0 radical (unpaired) electrons. The summed E-state index contributed by atoms with van der Waals surface area (Å²) in [6.45, 7) is 0. The molecule has 26 heavy (non-hydrogen) atoms. The van der Waals surface area contributed by atoms with Crippen LogP contribution in [0.4, 0.5) is 0 Å². The lowest BCUT2D eigenvalue weighted by Gasteiger charge is -2.38. The lowest BCUT2D eigenvalue weighted by atomic mass is 9.95. The zero-order valence-electron chi connectivity index (χ0n) is 14.9. The predicted octanol–water partition coefficient (Wildman–Crippen LogP) is 4.02. The van der Waals surface area contributed by atoms with E-state index < -0.39 is 0 Å². The van der Waals surface area contributed by atoms with Crippen molar-refractivity contribution in [2.75, 3.05) is 19.1 Å². The molecule has 0 unspecified atom stereocenters. The third-order valence-corrected chi connectivity index (χ3v) is 5.51. The quantitative estimate of drug-likeness (QED) is 0.861. The standard InChI is InChI=1S/C20H22N2O3S/c1-24-18-9-5-7-14-16-12-15(13-6-3-4-8-17(13)23)21-22(16)19(10-11-26-2)25-20(14)18/h3-9,16,19,23H,10-12H2,1-2H3/t16-,19-/m0/s1. The van der Waals surface area contributed by atoms with Gasteiger partial charge in [-0.25, -0.2) is 0 Å². The van der Waals surface area contributed by atoms with Gasteiger partial charge in [0.1, 0.15) is 5.75 Å². The zero-order chi connectivity index (χ0) is 18.1. The smallest absolute Gasteiger partial charge is 0.188 e. The van der Waals surface area contributed by atoms with Gasteiger partial charge in [0.2, 0.25) is 0 Å². The maximum atomic E-state index is 10.2. The molecule has 0 aliphatic carbocycles. The van der Waals surface area contributed by atoms with Crippen molar-refractivity contribution in [2.45, 2.75) is 25.1 Å². The maximum Gasteiger partial charge on any atom is 0.188 e. The Bertz CT molecular complexity index is 840. The Hall–Kier alpha value is -2.34. The molecule has 5 nitrogen and oxygen atoms in total. The van der Waals surface area contributed by atoms with Crippen LogP contribution in [0.3, 0.4) is 0 Å². The van der Waals surface area contributed by atoms with Crippen LogP contribution in [-0.4, -0.2) is 41.2 Å². The van der Waals surface area contributed by atoms with Crippen molar-refractivity contribution in [1.29, 1.82) is 0 Å². The number of benzene rings is 2. The van der Waals surface area contributed by atoms with Crippen LogP contribution >= 0.6 is 11.8 Å². The number of rotatable bonds is 5. The summed E-state index contributed by atoms with van der Waals surface area (Å²) in [7, 11) is 1.67. The van der Waals surface area contributed by atoms with Crippen molar-refractivity contribution >= 4 is 17.5 Å². The van der Waals surface area contributed by atoms with Crippen molar-refractivity contribution in [2.24, 2.45) is 5.10 Å². The van der Waals surface area contributed by atoms with Gasteiger partial charge >= 0.3 is 0 Å². The van der Waals surface area contributed by atoms with Crippen LogP contribution in [0.1, 0.15) is 30.0 Å². The predicted molar refractivity (Wildman–Crippen MR) is 104 cm³/mol. The summed E-state index contributed by atoms with van der Waals surface area (Å²) < 4.78 is 11.8. The van der Waals surface area contributed by atoms with Gasteiger partial charge in [-0.1, -0.05) is 24.3 Å². The molecule has 2 aliphatic heterocycles. The molecule has 2 aromatic carbocycles. The SMILES string of the molecule is COc1cccc2c1O[C@@H](CCSC)N1N=C(c3ccccc3O)C[C@@H]21. The number of phenolic OH excluding ortho intramolecular Hbond substituents is 1. The molecule has 6 heteroatoms. The molecule has 2 aliphatic rings. The van der Waals surface area contributed by atoms with E-state index in [1.54, 1.807) is 24.9 Å². The molecular weight excluding hydrogens is 348 g/mol. The Morgan fingerprint density at radius 2 is 2.12 bits per heavy atom. The Morgan fingerprint density at radius 3 is 2.88 bits per heavy atom. The molecular formula is C20H22N2O3S. The van der Waals surface area contributed by atoms with Crippen molar-refractivity contribution < 1.29 is 14.6 Å². The second-order valence-electron chi connectivity index (χ2n) is 6.40. The highest BCUT2D eigenvalue weighted by molar-refractivity contribution is 7.98. The number of aromatic hydroxyl groups is 1. The van der Waals surface area contributed by atoms with E-state index >= 15 is 0 Å². The lowest BCUT2D eigenvalue weighted by Crippen LogP contribution is -2.40. The fraction of sp³-hybridized carbons (Fsp3) is 0.350. The summed E-state index contributed by atoms with van der Waals surface area (Å²) in [5.74, 6) is 2.82. The Kier molecular flexibility index (Phi) is 4.68. The molecule has 4 rings (SSSR count). The zero-order valence-corrected chi connectivity index (χ0v) is 15.7. The Balaban J connectivity index is 1.74. The summed E-state index contributed by atoms with van der Waals surface area (Å²) in [6.07, 6.45) is 3.55. The van der Waals surface area contributed by atoms with E-state index in [1.165, 1.54) is 0 Å². The lowest BCUT2D eigenvalue weighted by molar-refractivity contribution is -0.0198. The number of methoxy groups -OCH3 is 1. The Labute approximate surface area is 157 Å². The number of nitrogens with zero attached hydrogens (tertiary/aromatic N) is 2. The number of fused-ring (bicyclic) bond motifs is 3. The van der Waals surface area contributed by atoms with E-state index in [4.69, 9.17) is 14.6 Å². The molecule has 2 heterocycles. The molecule has 0 amide bonds. The van der Waals surface area contributed by atoms with Gasteiger partial charge in [-0.05, 0) is 30.2 Å². The minimum Gasteiger partial charge on any atom is -0.507 e. The molecule has 2 atom stereocenters. The highest BCUT2D eigenvalue weighted by atomic mass is 32.2. The van der Waals surface area contributed by atoms with Crippen LogP contribution in [0, 0.1) is 0 Å². The van der Waals surface area contributed by atoms with Crippen LogP contribution in [0.25, 0.3) is 0 Å². The molecule has 0 aromatic heterocycles. The number of hydrazone groups is 1. The highest BCUT2D eigenvalue weighted by Gasteiger charge is 2.41. The summed E-state index contributed by atoms with van der Waals surface area (Å²) in [4.78, 5) is 0. The molecule has 0 saturated carbocycles. The van der Waals surface area contributed by atoms with Crippen LogP contribution in [0.15, 0.2) is 47.6 Å². The summed E-state index contributed by atoms with van der Waals surface area (Å²) in [6, 6.07) is 13.4. The van der Waals surface area contributed by atoms with Gasteiger partial charge in [-0.3, -0.25) is 5.01 Å². The number of thioether (sulfide) groups is 1. The van der Waals surface area contributed by atoms with Gasteiger partial charge in [0.25, 0.3) is 0 Å². The maximum absolute atomic E-state index is 10.2. The van der Waals surface area contributed by atoms with Gasteiger partial charge in [-0.2, -0.15) is 16.9 Å². The monoisotopic (exact) mass is 370 g/mol. The topological polar surface area (TPSA) is 54.3 Å². The van der Waals surface area contributed by atoms with E-state index in [9.17, 15) is 5.11 Å². The van der Waals surface area contributed by atoms with E-state index in [0.717, 1.165) is 46.9 Å². The van der Waals surface area contributed by atoms with Crippen molar-refractivity contribution in [3.05, 3.63) is 53.6 Å². The van der Waals surface area contributed by atoms with Crippen LogP contribution in [0.2, 0.25) is 0 Å². The average Bonchev–Trinajstić information content (AvgIpc) is 3.11. The molecule has 136 valence electrons. The normalized spacial score (nSPS) is 20.8. The molecule has 0 fully saturated rings. The third kappa shape index (κ3) is 2.88. The summed E-state index contributed by atoms with van der Waals surface area (Å²) in [5.41, 5.74) is 2.76. The molecule has 0 saturated heterocycles. The van der Waals surface area contributed by atoms with E-state index in [0.29, 0.717) is 0 Å². The fourth-order valence-electron chi connectivity index (χ4n) is 3.61. The first kappa shape index (κ1) is 17.1. The van der Waals surface area contributed by atoms with Crippen LogP contribution in [-0.2, 0) is 0 Å². The van der Waals surface area contributed by atoms with Crippen LogP contribution in [0.5, 0.6) is 17.2 Å². The first-order chi connectivity index (χ1) is 12.7. The summed E-state index contributed by atoms with van der Waals surface area (Å²) >= 11 is 1.79. The van der Waals surface area contributed by atoms with E-state index in [2.05, 4.69) is 17.3 Å². The Morgan fingerprint density at radius 1 is 1.27 bits per heavy atom.